The van der Waals surface area contributed by atoms with Crippen LogP contribution in [0.25, 0.3) is 0 Å². The zero-order valence-corrected chi connectivity index (χ0v) is 12.4. The maximum Gasteiger partial charge on any atom is 0.253 e. The van der Waals surface area contributed by atoms with Crippen molar-refractivity contribution in [3.63, 3.8) is 0 Å². The molecule has 0 aromatic carbocycles. The summed E-state index contributed by atoms with van der Waals surface area (Å²) in [5, 5.41) is 4.79. The van der Waals surface area contributed by atoms with Crippen LogP contribution in [-0.2, 0) is 23.9 Å². The molecule has 22 heavy (non-hydrogen) atoms. The Bertz CT molecular complexity index is 495. The van der Waals surface area contributed by atoms with Crippen LogP contribution < -0.4 is 10.6 Å². The van der Waals surface area contributed by atoms with Gasteiger partial charge in [0.15, 0.2) is 0 Å². The Morgan fingerprint density at radius 3 is 2.23 bits per heavy atom. The molecule has 0 radical (unpaired) electrons. The quantitative estimate of drug-likeness (QED) is 0.438. The molecule has 4 amide bonds. The van der Waals surface area contributed by atoms with Crippen molar-refractivity contribution in [3.8, 4) is 0 Å². The second kappa shape index (κ2) is 8.73. The molecule has 120 valence electrons. The van der Waals surface area contributed by atoms with E-state index in [2.05, 4.69) is 17.2 Å². The molecular formula is C14H19N3O5. The maximum atomic E-state index is 11.6. The molecule has 0 atom stereocenters. The van der Waals surface area contributed by atoms with E-state index in [9.17, 15) is 19.2 Å². The Labute approximate surface area is 128 Å². The lowest BCUT2D eigenvalue weighted by Gasteiger charge is -2.14. The van der Waals surface area contributed by atoms with Crippen molar-refractivity contribution in [1.82, 2.24) is 15.5 Å². The van der Waals surface area contributed by atoms with E-state index in [0.717, 1.165) is 17.1 Å². The standard InChI is InChI=1S/C14H19N3O5/c1-3-22-9-7-12(19)16-10(2)15-11(18)6-8-17-13(20)4-5-14(17)21/h4-5H,2-3,6-9H2,1H3,(H,15,18)(H,16,19). The summed E-state index contributed by atoms with van der Waals surface area (Å²) >= 11 is 0. The number of imide groups is 1. The first-order valence-electron chi connectivity index (χ1n) is 6.84. The van der Waals surface area contributed by atoms with Crippen LogP contribution in [-0.4, -0.2) is 48.3 Å². The summed E-state index contributed by atoms with van der Waals surface area (Å²) in [6.07, 6.45) is 2.38. The minimum atomic E-state index is -0.456. The van der Waals surface area contributed by atoms with E-state index in [1.165, 1.54) is 0 Å². The highest BCUT2D eigenvalue weighted by Gasteiger charge is 2.23. The van der Waals surface area contributed by atoms with Crippen LogP contribution in [0.1, 0.15) is 19.8 Å². The van der Waals surface area contributed by atoms with E-state index in [4.69, 9.17) is 4.74 Å². The van der Waals surface area contributed by atoms with Gasteiger partial charge >= 0.3 is 0 Å². The van der Waals surface area contributed by atoms with Gasteiger partial charge in [0.1, 0.15) is 5.82 Å². The Morgan fingerprint density at radius 2 is 1.68 bits per heavy atom. The van der Waals surface area contributed by atoms with Crippen LogP contribution >= 0.6 is 0 Å². The van der Waals surface area contributed by atoms with Gasteiger partial charge in [0.25, 0.3) is 11.8 Å². The lowest BCUT2D eigenvalue weighted by molar-refractivity contribution is -0.137. The third-order valence-corrected chi connectivity index (χ3v) is 2.72. The zero-order chi connectivity index (χ0) is 16.5. The van der Waals surface area contributed by atoms with Gasteiger partial charge in [-0.2, -0.15) is 0 Å². The molecule has 0 spiro atoms. The molecule has 2 N–H and O–H groups in total. The zero-order valence-electron chi connectivity index (χ0n) is 12.4. The monoisotopic (exact) mass is 309 g/mol. The van der Waals surface area contributed by atoms with Crippen LogP contribution in [0, 0.1) is 0 Å². The molecule has 8 nitrogen and oxygen atoms in total. The van der Waals surface area contributed by atoms with E-state index >= 15 is 0 Å². The molecule has 1 aliphatic heterocycles. The predicted molar refractivity (Wildman–Crippen MR) is 77.0 cm³/mol. The van der Waals surface area contributed by atoms with Crippen molar-refractivity contribution in [2.45, 2.75) is 19.8 Å². The third kappa shape index (κ3) is 5.88. The fraction of sp³-hybridized carbons (Fsp3) is 0.429. The van der Waals surface area contributed by atoms with E-state index in [1.54, 1.807) is 0 Å². The molecule has 8 heteroatoms. The van der Waals surface area contributed by atoms with Crippen LogP contribution in [0.3, 0.4) is 0 Å². The Morgan fingerprint density at radius 1 is 1.14 bits per heavy atom. The summed E-state index contributed by atoms with van der Waals surface area (Å²) < 4.78 is 5.03. The summed E-state index contributed by atoms with van der Waals surface area (Å²) in [5.41, 5.74) is 0. The van der Waals surface area contributed by atoms with Crippen molar-refractivity contribution in [2.75, 3.05) is 19.8 Å². The summed E-state index contributed by atoms with van der Waals surface area (Å²) in [6.45, 7) is 6.11. The molecule has 0 saturated heterocycles. The Hall–Kier alpha value is -2.48. The lowest BCUT2D eigenvalue weighted by Crippen LogP contribution is -2.37. The smallest absolute Gasteiger partial charge is 0.253 e. The Balaban J connectivity index is 2.24. The average Bonchev–Trinajstić information content (AvgIpc) is 2.76. The van der Waals surface area contributed by atoms with Gasteiger partial charge in [0.05, 0.1) is 13.0 Å². The van der Waals surface area contributed by atoms with Gasteiger partial charge in [-0.3, -0.25) is 24.1 Å². The highest BCUT2D eigenvalue weighted by Crippen LogP contribution is 2.04. The van der Waals surface area contributed by atoms with Crippen LogP contribution in [0.5, 0.6) is 0 Å². The molecule has 0 bridgehead atoms. The summed E-state index contributed by atoms with van der Waals surface area (Å²) in [4.78, 5) is 46.6. The number of nitrogens with one attached hydrogen (secondary N) is 2. The van der Waals surface area contributed by atoms with E-state index in [0.29, 0.717) is 6.61 Å². The van der Waals surface area contributed by atoms with E-state index in [-0.39, 0.29) is 37.7 Å². The second-order valence-corrected chi connectivity index (χ2v) is 4.43. The number of hydrogen-bond acceptors (Lipinski definition) is 5. The molecule has 0 fully saturated rings. The molecule has 0 aromatic heterocycles. The minimum absolute atomic E-state index is 0.0257. The molecule has 1 heterocycles. The molecule has 1 rings (SSSR count). The normalized spacial score (nSPS) is 13.4. The van der Waals surface area contributed by atoms with Crippen molar-refractivity contribution >= 4 is 23.6 Å². The van der Waals surface area contributed by atoms with Gasteiger partial charge in [-0.25, -0.2) is 0 Å². The average molecular weight is 309 g/mol. The van der Waals surface area contributed by atoms with Gasteiger partial charge in [0, 0.05) is 31.7 Å². The molecule has 1 aliphatic rings. The summed E-state index contributed by atoms with van der Waals surface area (Å²) in [5.74, 6) is -1.62. The Kier molecular flexibility index (Phi) is 6.97. The highest BCUT2D eigenvalue weighted by atomic mass is 16.5. The fourth-order valence-corrected chi connectivity index (χ4v) is 1.67. The van der Waals surface area contributed by atoms with Crippen LogP contribution in [0.15, 0.2) is 24.6 Å². The number of rotatable bonds is 9. The first-order chi connectivity index (χ1) is 10.4. The van der Waals surface area contributed by atoms with Crippen molar-refractivity contribution < 1.29 is 23.9 Å². The highest BCUT2D eigenvalue weighted by molar-refractivity contribution is 6.13. The van der Waals surface area contributed by atoms with Crippen LogP contribution in [0.2, 0.25) is 0 Å². The molecule has 0 aliphatic carbocycles. The summed E-state index contributed by atoms with van der Waals surface area (Å²) in [6, 6.07) is 0. The van der Waals surface area contributed by atoms with Gasteiger partial charge in [0.2, 0.25) is 11.8 Å². The molecule has 0 aromatic rings. The fourth-order valence-electron chi connectivity index (χ4n) is 1.67. The number of carbonyl (C=O) groups is 4. The first kappa shape index (κ1) is 17.6. The topological polar surface area (TPSA) is 105 Å². The second-order valence-electron chi connectivity index (χ2n) is 4.43. The van der Waals surface area contributed by atoms with E-state index < -0.39 is 17.7 Å². The number of amides is 4. The number of hydrogen-bond donors (Lipinski definition) is 2. The lowest BCUT2D eigenvalue weighted by atomic mass is 10.3. The largest absolute Gasteiger partial charge is 0.381 e. The maximum absolute atomic E-state index is 11.6. The predicted octanol–water partition coefficient (Wildman–Crippen LogP) is -0.568. The van der Waals surface area contributed by atoms with Gasteiger partial charge in [-0.1, -0.05) is 6.58 Å². The third-order valence-electron chi connectivity index (χ3n) is 2.72. The molecular weight excluding hydrogens is 290 g/mol. The number of nitrogens with zero attached hydrogens (tertiary/aromatic N) is 1. The summed E-state index contributed by atoms with van der Waals surface area (Å²) in [7, 11) is 0. The van der Waals surface area contributed by atoms with Gasteiger partial charge in [-0.05, 0) is 6.92 Å². The van der Waals surface area contributed by atoms with Crippen molar-refractivity contribution in [2.24, 2.45) is 0 Å². The van der Waals surface area contributed by atoms with E-state index in [1.807, 2.05) is 6.92 Å². The SMILES string of the molecule is C=C(NC(=O)CCOCC)NC(=O)CCN1C(=O)C=CC1=O. The number of carbonyl (C=O) groups excluding carboxylic acids is 4. The van der Waals surface area contributed by atoms with Gasteiger partial charge in [-0.15, -0.1) is 0 Å². The van der Waals surface area contributed by atoms with Gasteiger partial charge < -0.3 is 15.4 Å². The van der Waals surface area contributed by atoms with Crippen molar-refractivity contribution in [3.05, 3.63) is 24.6 Å². The molecule has 0 unspecified atom stereocenters. The first-order valence-corrected chi connectivity index (χ1v) is 6.84. The molecule has 0 saturated carbocycles. The van der Waals surface area contributed by atoms with Crippen molar-refractivity contribution in [1.29, 1.82) is 0 Å². The number of ether oxygens (including phenoxy) is 1. The minimum Gasteiger partial charge on any atom is -0.381 e. The van der Waals surface area contributed by atoms with Crippen LogP contribution in [0.4, 0.5) is 0 Å².